The molecule has 1 aromatic carbocycles. The van der Waals surface area contributed by atoms with Gasteiger partial charge in [-0.05, 0) is 55.8 Å². The summed E-state index contributed by atoms with van der Waals surface area (Å²) < 4.78 is 0. The first-order valence-electron chi connectivity index (χ1n) is 11.4. The third-order valence-corrected chi connectivity index (χ3v) is 7.63. The number of carbonyl (C=O) groups excluding carboxylic acids is 2. The molecule has 3 heterocycles. The van der Waals surface area contributed by atoms with Crippen LogP contribution >= 0.6 is 11.3 Å². The maximum atomic E-state index is 12.9. The van der Waals surface area contributed by atoms with Crippen LogP contribution < -0.4 is 0 Å². The fraction of sp³-hybridized carbons (Fsp3) is 0.520. The Morgan fingerprint density at radius 2 is 1.68 bits per heavy atom. The van der Waals surface area contributed by atoms with Crippen molar-refractivity contribution in [1.82, 2.24) is 14.7 Å². The molecule has 0 saturated carbocycles. The molecule has 166 valence electrons. The number of thiophene rings is 1. The molecule has 0 bridgehead atoms. The van der Waals surface area contributed by atoms with Gasteiger partial charge in [0, 0.05) is 43.5 Å². The summed E-state index contributed by atoms with van der Waals surface area (Å²) in [5.74, 6) is 0.668. The molecule has 2 saturated heterocycles. The monoisotopic (exact) mass is 439 g/mol. The van der Waals surface area contributed by atoms with Crippen molar-refractivity contribution in [3.05, 3.63) is 58.3 Å². The zero-order chi connectivity index (χ0) is 21.6. The summed E-state index contributed by atoms with van der Waals surface area (Å²) in [5, 5.41) is 2.03. The van der Waals surface area contributed by atoms with Crippen LogP contribution in [0.1, 0.15) is 36.1 Å². The van der Waals surface area contributed by atoms with Crippen molar-refractivity contribution in [3.8, 4) is 0 Å². The fourth-order valence-electron chi connectivity index (χ4n) is 4.91. The molecule has 0 spiro atoms. The van der Waals surface area contributed by atoms with E-state index < -0.39 is 0 Å². The SMILES string of the molecule is CN(Cc1ccccc1)C(=O)C1CCN(C2CCN(C(=O)Cc3cccs3)CC2)CC1. The van der Waals surface area contributed by atoms with Gasteiger partial charge in [0.1, 0.15) is 0 Å². The highest BCUT2D eigenvalue weighted by atomic mass is 32.1. The molecule has 0 radical (unpaired) electrons. The molecule has 5 nitrogen and oxygen atoms in total. The lowest BCUT2D eigenvalue weighted by molar-refractivity contribution is -0.137. The molecule has 2 amide bonds. The highest BCUT2D eigenvalue weighted by Crippen LogP contribution is 2.26. The van der Waals surface area contributed by atoms with Crippen LogP contribution in [0.15, 0.2) is 47.8 Å². The molecule has 2 fully saturated rings. The Morgan fingerprint density at radius 3 is 2.32 bits per heavy atom. The summed E-state index contributed by atoms with van der Waals surface area (Å²) in [4.78, 5) is 33.1. The van der Waals surface area contributed by atoms with Gasteiger partial charge in [-0.2, -0.15) is 0 Å². The van der Waals surface area contributed by atoms with E-state index in [1.165, 1.54) is 5.56 Å². The van der Waals surface area contributed by atoms with Crippen LogP contribution in [0, 0.1) is 5.92 Å². The van der Waals surface area contributed by atoms with Gasteiger partial charge in [0.15, 0.2) is 0 Å². The summed E-state index contributed by atoms with van der Waals surface area (Å²) in [5.41, 5.74) is 1.18. The molecule has 1 aromatic heterocycles. The first-order chi connectivity index (χ1) is 15.1. The van der Waals surface area contributed by atoms with Crippen LogP contribution in [-0.2, 0) is 22.6 Å². The van der Waals surface area contributed by atoms with Crippen molar-refractivity contribution in [1.29, 1.82) is 0 Å². The molecule has 0 aliphatic carbocycles. The van der Waals surface area contributed by atoms with Gasteiger partial charge in [0.05, 0.1) is 6.42 Å². The zero-order valence-electron chi connectivity index (χ0n) is 18.4. The van der Waals surface area contributed by atoms with Crippen LogP contribution in [0.2, 0.25) is 0 Å². The molecule has 0 N–H and O–H groups in total. The standard InChI is InChI=1S/C25H33N3O2S/c1-26(19-20-6-3-2-4-7-20)25(30)21-9-13-27(14-10-21)22-11-15-28(16-12-22)24(29)18-23-8-5-17-31-23/h2-8,17,21-22H,9-16,18-19H2,1H3. The average molecular weight is 440 g/mol. The highest BCUT2D eigenvalue weighted by molar-refractivity contribution is 7.10. The Labute approximate surface area is 189 Å². The normalized spacial score (nSPS) is 18.8. The largest absolute Gasteiger partial charge is 0.342 e. The summed E-state index contributed by atoms with van der Waals surface area (Å²) in [6.07, 6.45) is 4.50. The predicted octanol–water partition coefficient (Wildman–Crippen LogP) is 3.65. The quantitative estimate of drug-likeness (QED) is 0.690. The number of likely N-dealkylation sites (tertiary alicyclic amines) is 2. The van der Waals surface area contributed by atoms with Gasteiger partial charge in [-0.1, -0.05) is 36.4 Å². The lowest BCUT2D eigenvalue weighted by Crippen LogP contribution is -2.50. The number of hydrogen-bond acceptors (Lipinski definition) is 4. The Bertz CT molecular complexity index is 839. The minimum absolute atomic E-state index is 0.137. The van der Waals surface area contributed by atoms with E-state index >= 15 is 0 Å². The van der Waals surface area contributed by atoms with Gasteiger partial charge in [-0.15, -0.1) is 11.3 Å². The number of nitrogens with zero attached hydrogens (tertiary/aromatic N) is 3. The smallest absolute Gasteiger partial charge is 0.227 e. The van der Waals surface area contributed by atoms with Crippen molar-refractivity contribution in [3.63, 3.8) is 0 Å². The van der Waals surface area contributed by atoms with Crippen LogP contribution in [0.5, 0.6) is 0 Å². The van der Waals surface area contributed by atoms with E-state index in [1.807, 2.05) is 52.6 Å². The maximum absolute atomic E-state index is 12.9. The number of hydrogen-bond donors (Lipinski definition) is 0. The van der Waals surface area contributed by atoms with Crippen molar-refractivity contribution in [2.24, 2.45) is 5.92 Å². The van der Waals surface area contributed by atoms with E-state index in [1.54, 1.807) is 11.3 Å². The molecule has 0 unspecified atom stereocenters. The molecule has 31 heavy (non-hydrogen) atoms. The second-order valence-electron chi connectivity index (χ2n) is 8.86. The lowest BCUT2D eigenvalue weighted by atomic mass is 9.92. The minimum Gasteiger partial charge on any atom is -0.342 e. The number of rotatable bonds is 6. The minimum atomic E-state index is 0.137. The van der Waals surface area contributed by atoms with E-state index in [0.29, 0.717) is 19.0 Å². The molecular formula is C25H33N3O2S. The number of amides is 2. The van der Waals surface area contributed by atoms with Crippen LogP contribution in [0.3, 0.4) is 0 Å². The van der Waals surface area contributed by atoms with Gasteiger partial charge in [-0.25, -0.2) is 0 Å². The Morgan fingerprint density at radius 1 is 0.968 bits per heavy atom. The van der Waals surface area contributed by atoms with Crippen molar-refractivity contribution >= 4 is 23.2 Å². The van der Waals surface area contributed by atoms with Crippen LogP contribution in [0.4, 0.5) is 0 Å². The first-order valence-corrected chi connectivity index (χ1v) is 12.3. The summed E-state index contributed by atoms with van der Waals surface area (Å²) in [6.45, 7) is 4.37. The number of benzene rings is 1. The first kappa shape index (κ1) is 22.0. The molecule has 0 atom stereocenters. The van der Waals surface area contributed by atoms with E-state index in [9.17, 15) is 9.59 Å². The zero-order valence-corrected chi connectivity index (χ0v) is 19.2. The van der Waals surface area contributed by atoms with E-state index in [2.05, 4.69) is 17.0 Å². The third-order valence-electron chi connectivity index (χ3n) is 6.76. The lowest BCUT2D eigenvalue weighted by Gasteiger charge is -2.42. The molecule has 2 aromatic rings. The van der Waals surface area contributed by atoms with E-state index in [4.69, 9.17) is 0 Å². The van der Waals surface area contributed by atoms with Crippen molar-refractivity contribution in [2.45, 2.75) is 44.7 Å². The second kappa shape index (κ2) is 10.4. The van der Waals surface area contributed by atoms with Gasteiger partial charge in [0.2, 0.25) is 11.8 Å². The van der Waals surface area contributed by atoms with Crippen LogP contribution in [-0.4, -0.2) is 65.8 Å². The van der Waals surface area contributed by atoms with E-state index in [0.717, 1.165) is 56.7 Å². The Hall–Kier alpha value is -2.18. The maximum Gasteiger partial charge on any atom is 0.227 e. The molecular weight excluding hydrogens is 406 g/mol. The van der Waals surface area contributed by atoms with Crippen LogP contribution in [0.25, 0.3) is 0 Å². The second-order valence-corrected chi connectivity index (χ2v) is 9.89. The predicted molar refractivity (Wildman–Crippen MR) is 125 cm³/mol. The summed E-state index contributed by atoms with van der Waals surface area (Å²) in [7, 11) is 1.92. The number of piperidine rings is 2. The molecule has 4 rings (SSSR count). The average Bonchev–Trinajstić information content (AvgIpc) is 3.32. The third kappa shape index (κ3) is 5.74. The van der Waals surface area contributed by atoms with Gasteiger partial charge >= 0.3 is 0 Å². The topological polar surface area (TPSA) is 43.9 Å². The fourth-order valence-corrected chi connectivity index (χ4v) is 5.61. The molecule has 2 aliphatic heterocycles. The summed E-state index contributed by atoms with van der Waals surface area (Å²) >= 11 is 1.66. The Kier molecular flexibility index (Phi) is 7.41. The van der Waals surface area contributed by atoms with E-state index in [-0.39, 0.29) is 17.7 Å². The van der Waals surface area contributed by atoms with Gasteiger partial charge in [-0.3, -0.25) is 9.59 Å². The number of carbonyl (C=O) groups is 2. The van der Waals surface area contributed by atoms with Gasteiger partial charge in [0.25, 0.3) is 0 Å². The molecule has 6 heteroatoms. The van der Waals surface area contributed by atoms with Gasteiger partial charge < -0.3 is 14.7 Å². The van der Waals surface area contributed by atoms with Crippen molar-refractivity contribution < 1.29 is 9.59 Å². The van der Waals surface area contributed by atoms with Crippen molar-refractivity contribution in [2.75, 3.05) is 33.2 Å². The summed E-state index contributed by atoms with van der Waals surface area (Å²) in [6, 6.07) is 14.8. The Balaban J connectivity index is 1.19. The molecule has 2 aliphatic rings. The highest BCUT2D eigenvalue weighted by Gasteiger charge is 2.32.